The van der Waals surface area contributed by atoms with Crippen molar-refractivity contribution in [1.29, 1.82) is 0 Å². The number of rotatable bonds is 0. The predicted molar refractivity (Wildman–Crippen MR) is 52.9 cm³/mol. The van der Waals surface area contributed by atoms with Crippen molar-refractivity contribution in [2.24, 2.45) is 0 Å². The molecule has 2 unspecified atom stereocenters. The first-order valence-corrected chi connectivity index (χ1v) is 4.98. The van der Waals surface area contributed by atoms with Gasteiger partial charge in [0.2, 0.25) is 5.91 Å². The maximum absolute atomic E-state index is 11.6. The molecule has 4 nitrogen and oxygen atoms in total. The molecule has 2 aliphatic heterocycles. The van der Waals surface area contributed by atoms with Gasteiger partial charge in [0.25, 0.3) is 0 Å². The van der Waals surface area contributed by atoms with E-state index in [1.54, 1.807) is 4.90 Å². The van der Waals surface area contributed by atoms with Crippen LogP contribution in [-0.2, 0) is 4.79 Å². The lowest BCUT2D eigenvalue weighted by atomic mass is 10.3. The van der Waals surface area contributed by atoms with Crippen LogP contribution in [0.4, 0.5) is 0 Å². The Morgan fingerprint density at radius 1 is 1.50 bits per heavy atom. The first-order valence-electron chi connectivity index (χ1n) is 4.98. The van der Waals surface area contributed by atoms with Crippen LogP contribution in [0, 0.1) is 11.8 Å². The van der Waals surface area contributed by atoms with Gasteiger partial charge in [-0.1, -0.05) is 11.8 Å². The van der Waals surface area contributed by atoms with E-state index < -0.39 is 0 Å². The monoisotopic (exact) mass is 193 g/mol. The molecule has 4 heteroatoms. The third kappa shape index (κ3) is 1.61. The molecule has 0 aromatic carbocycles. The first kappa shape index (κ1) is 9.50. The van der Waals surface area contributed by atoms with Gasteiger partial charge in [-0.15, -0.1) is 0 Å². The van der Waals surface area contributed by atoms with Crippen LogP contribution in [0.2, 0.25) is 0 Å². The summed E-state index contributed by atoms with van der Waals surface area (Å²) in [4.78, 5) is 13.3. The van der Waals surface area contributed by atoms with Gasteiger partial charge in [-0.25, -0.2) is 10.4 Å². The highest BCUT2D eigenvalue weighted by Gasteiger charge is 2.30. The Bertz CT molecular complexity index is 304. The van der Waals surface area contributed by atoms with E-state index in [-0.39, 0.29) is 18.1 Å². The van der Waals surface area contributed by atoms with Crippen LogP contribution < -0.4 is 5.43 Å². The second-order valence-electron chi connectivity index (χ2n) is 3.81. The molecule has 0 radical (unpaired) electrons. The van der Waals surface area contributed by atoms with Gasteiger partial charge in [0.05, 0.1) is 6.04 Å². The van der Waals surface area contributed by atoms with Gasteiger partial charge in [-0.3, -0.25) is 4.79 Å². The fourth-order valence-corrected chi connectivity index (χ4v) is 1.84. The van der Waals surface area contributed by atoms with Gasteiger partial charge < -0.3 is 4.90 Å². The summed E-state index contributed by atoms with van der Waals surface area (Å²) in [7, 11) is 1.82. The van der Waals surface area contributed by atoms with Gasteiger partial charge >= 0.3 is 0 Å². The molecule has 0 aliphatic carbocycles. The van der Waals surface area contributed by atoms with Crippen molar-refractivity contribution in [3.8, 4) is 11.8 Å². The van der Waals surface area contributed by atoms with Gasteiger partial charge in [0.1, 0.15) is 0 Å². The Morgan fingerprint density at radius 3 is 3.07 bits per heavy atom. The van der Waals surface area contributed by atoms with Crippen LogP contribution in [0.15, 0.2) is 0 Å². The van der Waals surface area contributed by atoms with Crippen molar-refractivity contribution in [2.75, 3.05) is 13.6 Å². The summed E-state index contributed by atoms with van der Waals surface area (Å²) in [6.07, 6.45) is 1.45. The lowest BCUT2D eigenvalue weighted by molar-refractivity contribution is -0.132. The predicted octanol–water partition coefficient (Wildman–Crippen LogP) is -0.223. The summed E-state index contributed by atoms with van der Waals surface area (Å²) in [5.74, 6) is 6.36. The fourth-order valence-electron chi connectivity index (χ4n) is 1.84. The maximum Gasteiger partial charge on any atom is 0.224 e. The molecule has 2 heterocycles. The third-order valence-corrected chi connectivity index (χ3v) is 2.63. The van der Waals surface area contributed by atoms with Crippen molar-refractivity contribution in [3.63, 3.8) is 0 Å². The molecule has 0 aromatic rings. The van der Waals surface area contributed by atoms with E-state index >= 15 is 0 Å². The average Bonchev–Trinajstić information content (AvgIpc) is 2.28. The van der Waals surface area contributed by atoms with Crippen LogP contribution >= 0.6 is 0 Å². The molecule has 1 fully saturated rings. The smallest absolute Gasteiger partial charge is 0.224 e. The molecule has 1 saturated heterocycles. The minimum Gasteiger partial charge on any atom is -0.318 e. The SMILES string of the molecule is CC1C#CC2N(CCCC(=O)N2C)N1. The second kappa shape index (κ2) is 3.60. The van der Waals surface area contributed by atoms with Gasteiger partial charge in [0, 0.05) is 20.0 Å². The Kier molecular flexibility index (Phi) is 2.44. The number of fused-ring (bicyclic) bond motifs is 1. The Labute approximate surface area is 84.2 Å². The second-order valence-corrected chi connectivity index (χ2v) is 3.81. The van der Waals surface area contributed by atoms with Crippen LogP contribution in [0.25, 0.3) is 0 Å². The van der Waals surface area contributed by atoms with Crippen LogP contribution in [0.3, 0.4) is 0 Å². The highest BCUT2D eigenvalue weighted by atomic mass is 16.2. The molecular weight excluding hydrogens is 178 g/mol. The number of nitrogens with one attached hydrogen (secondary N) is 1. The normalized spacial score (nSPS) is 33.0. The minimum absolute atomic E-state index is 0.0822. The zero-order valence-corrected chi connectivity index (χ0v) is 8.58. The lowest BCUT2D eigenvalue weighted by Gasteiger charge is -2.35. The van der Waals surface area contributed by atoms with Gasteiger partial charge in [-0.05, 0) is 13.3 Å². The van der Waals surface area contributed by atoms with E-state index in [0.29, 0.717) is 6.42 Å². The van der Waals surface area contributed by atoms with Crippen molar-refractivity contribution >= 4 is 5.91 Å². The summed E-state index contributed by atoms with van der Waals surface area (Å²) < 4.78 is 0. The number of amides is 1. The molecule has 0 saturated carbocycles. The molecule has 2 atom stereocenters. The zero-order valence-electron chi connectivity index (χ0n) is 8.58. The van der Waals surface area contributed by atoms with Crippen LogP contribution in [0.1, 0.15) is 19.8 Å². The Morgan fingerprint density at radius 2 is 2.29 bits per heavy atom. The largest absolute Gasteiger partial charge is 0.318 e. The van der Waals surface area contributed by atoms with Crippen LogP contribution in [0.5, 0.6) is 0 Å². The highest BCUT2D eigenvalue weighted by Crippen LogP contribution is 2.13. The van der Waals surface area contributed by atoms with Crippen molar-refractivity contribution in [1.82, 2.24) is 15.3 Å². The molecule has 1 N–H and O–H groups in total. The van der Waals surface area contributed by atoms with E-state index in [1.807, 2.05) is 14.0 Å². The Balaban J connectivity index is 2.23. The van der Waals surface area contributed by atoms with Crippen molar-refractivity contribution < 1.29 is 4.79 Å². The molecule has 0 spiro atoms. The molecule has 0 bridgehead atoms. The molecule has 2 rings (SSSR count). The van der Waals surface area contributed by atoms with E-state index in [4.69, 9.17) is 0 Å². The summed E-state index contributed by atoms with van der Waals surface area (Å²) in [5, 5.41) is 2.06. The average molecular weight is 193 g/mol. The summed E-state index contributed by atoms with van der Waals surface area (Å²) in [5.41, 5.74) is 3.28. The Hall–Kier alpha value is -1.05. The number of hydrogen-bond donors (Lipinski definition) is 1. The van der Waals surface area contributed by atoms with E-state index in [9.17, 15) is 4.79 Å². The summed E-state index contributed by atoms with van der Waals surface area (Å²) in [6, 6.07) is 0.188. The van der Waals surface area contributed by atoms with Crippen molar-refractivity contribution in [3.05, 3.63) is 0 Å². The standard InChI is InChI=1S/C10H15N3O/c1-8-5-6-9-12(2)10(14)4-3-7-13(9)11-8/h8-9,11H,3-4,7H2,1-2H3. The molecule has 2 aliphatic rings. The quantitative estimate of drug-likeness (QED) is 0.540. The lowest BCUT2D eigenvalue weighted by Crippen LogP contribution is -2.56. The highest BCUT2D eigenvalue weighted by molar-refractivity contribution is 5.76. The van der Waals surface area contributed by atoms with E-state index in [0.717, 1.165) is 13.0 Å². The molecule has 0 aromatic heterocycles. The zero-order chi connectivity index (χ0) is 10.1. The first-order chi connectivity index (χ1) is 6.68. The number of carbonyl (C=O) groups excluding carboxylic acids is 1. The molecule has 76 valence electrons. The van der Waals surface area contributed by atoms with Gasteiger partial charge in [0.15, 0.2) is 6.17 Å². The number of hydrogen-bond acceptors (Lipinski definition) is 3. The third-order valence-electron chi connectivity index (χ3n) is 2.63. The maximum atomic E-state index is 11.6. The number of carbonyl (C=O) groups is 1. The molecule has 14 heavy (non-hydrogen) atoms. The molecule has 1 amide bonds. The van der Waals surface area contributed by atoms with E-state index in [2.05, 4.69) is 22.3 Å². The van der Waals surface area contributed by atoms with E-state index in [1.165, 1.54) is 0 Å². The fraction of sp³-hybridized carbons (Fsp3) is 0.700. The molecular formula is C10H15N3O. The topological polar surface area (TPSA) is 35.6 Å². The van der Waals surface area contributed by atoms with Crippen molar-refractivity contribution in [2.45, 2.75) is 32.0 Å². The number of nitrogens with zero attached hydrogens (tertiary/aromatic N) is 2. The number of hydrazine groups is 1. The van der Waals surface area contributed by atoms with Crippen LogP contribution in [-0.4, -0.2) is 41.6 Å². The summed E-state index contributed by atoms with van der Waals surface area (Å²) >= 11 is 0. The summed E-state index contributed by atoms with van der Waals surface area (Å²) in [6.45, 7) is 2.91. The minimum atomic E-state index is -0.0822. The van der Waals surface area contributed by atoms with Gasteiger partial charge in [-0.2, -0.15) is 0 Å².